The molecule has 1 nitrogen and oxygen atoms in total. The van der Waals surface area contributed by atoms with E-state index in [-0.39, 0.29) is 0 Å². The third-order valence-corrected chi connectivity index (χ3v) is 4.27. The number of nitrogens with zero attached hydrogens (tertiary/aromatic N) is 1. The first kappa shape index (κ1) is 13.2. The molecule has 20 heavy (non-hydrogen) atoms. The van der Waals surface area contributed by atoms with E-state index < -0.39 is 0 Å². The maximum Gasteiger partial charge on any atom is 0.0684 e. The Morgan fingerprint density at radius 2 is 1.95 bits per heavy atom. The highest BCUT2D eigenvalue weighted by Gasteiger charge is 2.22. The van der Waals surface area contributed by atoms with E-state index in [9.17, 15) is 0 Å². The summed E-state index contributed by atoms with van der Waals surface area (Å²) in [6, 6.07) is 9.25. The van der Waals surface area contributed by atoms with E-state index in [1.54, 1.807) is 0 Å². The van der Waals surface area contributed by atoms with Crippen LogP contribution in [0.1, 0.15) is 25.8 Å². The Morgan fingerprint density at radius 1 is 1.10 bits per heavy atom. The van der Waals surface area contributed by atoms with Crippen molar-refractivity contribution in [2.75, 3.05) is 11.4 Å². The van der Waals surface area contributed by atoms with Crippen LogP contribution in [0.2, 0.25) is 0 Å². The van der Waals surface area contributed by atoms with Gasteiger partial charge in [0, 0.05) is 12.2 Å². The minimum Gasteiger partial charge on any atom is -0.361 e. The molecular formula is C19H23N. The van der Waals surface area contributed by atoms with Gasteiger partial charge in [0.25, 0.3) is 0 Å². The van der Waals surface area contributed by atoms with E-state index in [2.05, 4.69) is 73.4 Å². The summed E-state index contributed by atoms with van der Waals surface area (Å²) in [5, 5.41) is 0. The Kier molecular flexibility index (Phi) is 3.77. The summed E-state index contributed by atoms with van der Waals surface area (Å²) >= 11 is 0. The molecule has 1 aromatic carbocycles. The third kappa shape index (κ3) is 2.58. The second kappa shape index (κ2) is 5.70. The van der Waals surface area contributed by atoms with Crippen LogP contribution in [0.25, 0.3) is 0 Å². The number of rotatable bonds is 1. The Labute approximate surface area is 122 Å². The van der Waals surface area contributed by atoms with Gasteiger partial charge in [-0.2, -0.15) is 0 Å². The molecule has 0 aromatic heterocycles. The molecule has 2 unspecified atom stereocenters. The molecule has 0 spiro atoms. The summed E-state index contributed by atoms with van der Waals surface area (Å²) < 4.78 is 0. The first-order valence-corrected chi connectivity index (χ1v) is 7.62. The normalized spacial score (nSPS) is 25.7. The van der Waals surface area contributed by atoms with Crippen molar-refractivity contribution in [1.29, 1.82) is 0 Å². The van der Waals surface area contributed by atoms with Crippen molar-refractivity contribution in [3.05, 3.63) is 65.8 Å². The van der Waals surface area contributed by atoms with Gasteiger partial charge in [0.2, 0.25) is 0 Å². The second-order valence-electron chi connectivity index (χ2n) is 5.89. The van der Waals surface area contributed by atoms with Crippen LogP contribution in [0.4, 0.5) is 5.69 Å². The number of hydrogen-bond acceptors (Lipinski definition) is 1. The average Bonchev–Trinajstić information content (AvgIpc) is 2.41. The van der Waals surface area contributed by atoms with Gasteiger partial charge in [-0.05, 0) is 37.3 Å². The lowest BCUT2D eigenvalue weighted by atomic mass is 9.93. The maximum absolute atomic E-state index is 2.56. The Balaban J connectivity index is 1.98. The van der Waals surface area contributed by atoms with E-state index in [1.807, 2.05) is 0 Å². The lowest BCUT2D eigenvalue weighted by Crippen LogP contribution is -2.37. The van der Waals surface area contributed by atoms with Gasteiger partial charge >= 0.3 is 0 Å². The van der Waals surface area contributed by atoms with Crippen molar-refractivity contribution in [3.63, 3.8) is 0 Å². The fraction of sp³-hybridized carbons (Fsp3) is 0.368. The Morgan fingerprint density at radius 3 is 2.80 bits per heavy atom. The molecule has 2 aliphatic rings. The summed E-state index contributed by atoms with van der Waals surface area (Å²) in [5.74, 6) is 0.566. The molecule has 0 saturated carbocycles. The highest BCUT2D eigenvalue weighted by Crippen LogP contribution is 2.30. The predicted octanol–water partition coefficient (Wildman–Crippen LogP) is 4.52. The molecule has 0 N–H and O–H groups in total. The summed E-state index contributed by atoms with van der Waals surface area (Å²) in [7, 11) is 0. The van der Waals surface area contributed by atoms with Crippen molar-refractivity contribution in [2.45, 2.75) is 32.7 Å². The lowest BCUT2D eigenvalue weighted by Gasteiger charge is -2.36. The molecule has 0 saturated heterocycles. The van der Waals surface area contributed by atoms with Crippen molar-refractivity contribution in [3.8, 4) is 0 Å². The highest BCUT2D eigenvalue weighted by atomic mass is 15.2. The lowest BCUT2D eigenvalue weighted by molar-refractivity contribution is 0.713. The zero-order chi connectivity index (χ0) is 13.9. The molecule has 0 radical (unpaired) electrons. The van der Waals surface area contributed by atoms with Crippen LogP contribution in [0.15, 0.2) is 60.2 Å². The van der Waals surface area contributed by atoms with Crippen molar-refractivity contribution in [1.82, 2.24) is 0 Å². The largest absolute Gasteiger partial charge is 0.361 e. The standard InChI is InChI=1S/C19H23N/c1-15-11-12-18(16(2)14-15)20-13-7-3-4-8-17-9-5-6-10-19(17)20/h3-6,9-12,14-15,18H,7-8,13H2,1-2H3. The van der Waals surface area contributed by atoms with E-state index >= 15 is 0 Å². The number of allylic oxidation sites excluding steroid dienone is 3. The summed E-state index contributed by atoms with van der Waals surface area (Å²) in [6.45, 7) is 5.60. The SMILES string of the molecule is CC1=CC(C)C=CC1N1CCC=CCc2ccccc21. The number of anilines is 1. The van der Waals surface area contributed by atoms with Crippen molar-refractivity contribution < 1.29 is 0 Å². The van der Waals surface area contributed by atoms with E-state index in [1.165, 1.54) is 16.8 Å². The Bertz CT molecular complexity index is 565. The smallest absolute Gasteiger partial charge is 0.0684 e. The van der Waals surface area contributed by atoms with Gasteiger partial charge in [-0.3, -0.25) is 0 Å². The fourth-order valence-electron chi connectivity index (χ4n) is 3.27. The molecule has 0 bridgehead atoms. The van der Waals surface area contributed by atoms with Crippen LogP contribution in [0, 0.1) is 5.92 Å². The summed E-state index contributed by atoms with van der Waals surface area (Å²) in [5.41, 5.74) is 4.30. The molecule has 1 heteroatoms. The van der Waals surface area contributed by atoms with E-state index in [0.717, 1.165) is 19.4 Å². The zero-order valence-corrected chi connectivity index (χ0v) is 12.4. The van der Waals surface area contributed by atoms with Gasteiger partial charge in [0.15, 0.2) is 0 Å². The molecule has 2 atom stereocenters. The molecule has 0 fully saturated rings. The first-order chi connectivity index (χ1) is 9.75. The minimum atomic E-state index is 0.416. The van der Waals surface area contributed by atoms with Crippen LogP contribution in [0.3, 0.4) is 0 Å². The number of hydrogen-bond donors (Lipinski definition) is 0. The van der Waals surface area contributed by atoms with Gasteiger partial charge in [0.1, 0.15) is 0 Å². The molecule has 1 aliphatic carbocycles. The summed E-state index contributed by atoms with van der Waals surface area (Å²) in [6.07, 6.45) is 13.9. The van der Waals surface area contributed by atoms with Gasteiger partial charge in [-0.15, -0.1) is 0 Å². The second-order valence-corrected chi connectivity index (χ2v) is 5.89. The maximum atomic E-state index is 2.56. The number of fused-ring (bicyclic) bond motifs is 1. The molecule has 1 heterocycles. The minimum absolute atomic E-state index is 0.416. The topological polar surface area (TPSA) is 3.24 Å². The molecule has 1 aliphatic heterocycles. The molecule has 1 aromatic rings. The summed E-state index contributed by atoms with van der Waals surface area (Å²) in [4.78, 5) is 2.56. The van der Waals surface area contributed by atoms with Crippen molar-refractivity contribution >= 4 is 5.69 Å². The average molecular weight is 265 g/mol. The van der Waals surface area contributed by atoms with Crippen LogP contribution in [0.5, 0.6) is 0 Å². The molecule has 3 rings (SSSR count). The van der Waals surface area contributed by atoms with Crippen molar-refractivity contribution in [2.24, 2.45) is 5.92 Å². The third-order valence-electron chi connectivity index (χ3n) is 4.27. The van der Waals surface area contributed by atoms with Gasteiger partial charge < -0.3 is 4.90 Å². The van der Waals surface area contributed by atoms with Gasteiger partial charge in [0.05, 0.1) is 6.04 Å². The number of benzene rings is 1. The predicted molar refractivity (Wildman–Crippen MR) is 87.1 cm³/mol. The van der Waals surface area contributed by atoms with Gasteiger partial charge in [-0.1, -0.05) is 61.1 Å². The molecule has 0 amide bonds. The quantitative estimate of drug-likeness (QED) is 0.675. The van der Waals surface area contributed by atoms with Gasteiger partial charge in [-0.25, -0.2) is 0 Å². The van der Waals surface area contributed by atoms with Crippen LogP contribution >= 0.6 is 0 Å². The van der Waals surface area contributed by atoms with E-state index in [0.29, 0.717) is 12.0 Å². The van der Waals surface area contributed by atoms with Crippen LogP contribution < -0.4 is 4.90 Å². The Hall–Kier alpha value is -1.76. The number of para-hydroxylation sites is 1. The van der Waals surface area contributed by atoms with Crippen LogP contribution in [-0.4, -0.2) is 12.6 Å². The van der Waals surface area contributed by atoms with Crippen LogP contribution in [-0.2, 0) is 6.42 Å². The van der Waals surface area contributed by atoms with E-state index in [4.69, 9.17) is 0 Å². The molecular weight excluding hydrogens is 242 g/mol. The monoisotopic (exact) mass is 265 g/mol. The highest BCUT2D eigenvalue weighted by molar-refractivity contribution is 5.58. The first-order valence-electron chi connectivity index (χ1n) is 7.62. The zero-order valence-electron chi connectivity index (χ0n) is 12.4. The molecule has 104 valence electrons. The fourth-order valence-corrected chi connectivity index (χ4v) is 3.27.